The quantitative estimate of drug-likeness (QED) is 0.363. The Morgan fingerprint density at radius 1 is 1.41 bits per heavy atom. The molecule has 126 valence electrons. The number of hydrogen-bond acceptors (Lipinski definition) is 3. The molecule has 0 aliphatic heterocycles. The summed E-state index contributed by atoms with van der Waals surface area (Å²) >= 11 is 0. The van der Waals surface area contributed by atoms with E-state index in [0.717, 1.165) is 12.8 Å². The third-order valence-electron chi connectivity index (χ3n) is 5.07. The molecule has 1 rings (SSSR count). The molecule has 0 N–H and O–H groups in total. The first-order valence-corrected chi connectivity index (χ1v) is 8.31. The highest BCUT2D eigenvalue weighted by Crippen LogP contribution is 2.41. The van der Waals surface area contributed by atoms with Crippen molar-refractivity contribution in [2.45, 2.75) is 46.6 Å². The van der Waals surface area contributed by atoms with Gasteiger partial charge in [0.1, 0.15) is 13.1 Å². The molecule has 0 saturated heterocycles. The van der Waals surface area contributed by atoms with E-state index < -0.39 is 0 Å². The van der Waals surface area contributed by atoms with Gasteiger partial charge >= 0.3 is 0 Å². The van der Waals surface area contributed by atoms with E-state index in [1.807, 2.05) is 6.08 Å². The summed E-state index contributed by atoms with van der Waals surface area (Å²) in [5.41, 5.74) is 1.34. The van der Waals surface area contributed by atoms with E-state index in [2.05, 4.69) is 40.3 Å². The molecule has 0 aromatic rings. The molecule has 0 radical (unpaired) electrons. The molecule has 0 heterocycles. The average molecular weight is 308 g/mol. The molecule has 0 aromatic heterocycles. The van der Waals surface area contributed by atoms with Crippen LogP contribution in [0, 0.1) is 29.6 Å². The number of aldehydes is 1. The maximum atomic E-state index is 11.7. The monoisotopic (exact) mass is 308 g/mol. The van der Waals surface area contributed by atoms with Gasteiger partial charge in [0.15, 0.2) is 0 Å². The highest BCUT2D eigenvalue weighted by atomic mass is 16.7. The number of rotatable bonds is 9. The van der Waals surface area contributed by atoms with Crippen molar-refractivity contribution in [2.24, 2.45) is 29.6 Å². The lowest BCUT2D eigenvalue weighted by atomic mass is 9.66. The molecule has 5 atom stereocenters. The van der Waals surface area contributed by atoms with Crippen molar-refractivity contribution in [3.8, 4) is 0 Å². The van der Waals surface area contributed by atoms with Crippen LogP contribution in [0.1, 0.15) is 40.5 Å². The smallest absolute Gasteiger partial charge is 0.147 e. The van der Waals surface area contributed by atoms with Crippen molar-refractivity contribution < 1.29 is 14.3 Å². The number of carbonyl (C=O) groups excluding carboxylic acids is 1. The summed E-state index contributed by atoms with van der Waals surface area (Å²) in [6.45, 7) is 12.9. The fraction of sp³-hybridized carbons (Fsp3) is 0.737. The van der Waals surface area contributed by atoms with Gasteiger partial charge < -0.3 is 14.3 Å². The highest BCUT2D eigenvalue weighted by molar-refractivity contribution is 5.56. The second-order valence-corrected chi connectivity index (χ2v) is 6.90. The molecule has 0 spiro atoms. The summed E-state index contributed by atoms with van der Waals surface area (Å²) in [7, 11) is 1.62. The van der Waals surface area contributed by atoms with Crippen molar-refractivity contribution in [1.82, 2.24) is 0 Å². The molecule has 3 heteroatoms. The van der Waals surface area contributed by atoms with Crippen molar-refractivity contribution in [3.05, 3.63) is 24.3 Å². The van der Waals surface area contributed by atoms with Gasteiger partial charge in [0.25, 0.3) is 0 Å². The lowest BCUT2D eigenvalue weighted by Crippen LogP contribution is -2.35. The minimum atomic E-state index is -0.0421. The summed E-state index contributed by atoms with van der Waals surface area (Å²) in [5.74, 6) is 1.69. The second-order valence-electron chi connectivity index (χ2n) is 6.90. The Morgan fingerprint density at radius 2 is 2.09 bits per heavy atom. The van der Waals surface area contributed by atoms with E-state index in [4.69, 9.17) is 9.47 Å². The fourth-order valence-corrected chi connectivity index (χ4v) is 3.63. The van der Waals surface area contributed by atoms with Gasteiger partial charge in [-0.05, 0) is 43.4 Å². The average Bonchev–Trinajstić information content (AvgIpc) is 2.49. The Bertz CT molecular complexity index is 386. The molecule has 22 heavy (non-hydrogen) atoms. The summed E-state index contributed by atoms with van der Waals surface area (Å²) < 4.78 is 10.7. The predicted octanol–water partition coefficient (Wildman–Crippen LogP) is 4.24. The summed E-state index contributed by atoms with van der Waals surface area (Å²) in [6, 6.07) is 0. The van der Waals surface area contributed by atoms with Gasteiger partial charge in [0.05, 0.1) is 6.10 Å². The van der Waals surface area contributed by atoms with Crippen molar-refractivity contribution in [1.29, 1.82) is 0 Å². The van der Waals surface area contributed by atoms with Crippen molar-refractivity contribution in [2.75, 3.05) is 13.9 Å². The van der Waals surface area contributed by atoms with Gasteiger partial charge in [-0.15, -0.1) is 6.58 Å². The minimum absolute atomic E-state index is 0.0421. The summed E-state index contributed by atoms with van der Waals surface area (Å²) in [5, 5.41) is 0. The molecule has 1 aliphatic rings. The van der Waals surface area contributed by atoms with E-state index in [-0.39, 0.29) is 18.8 Å². The van der Waals surface area contributed by atoms with Gasteiger partial charge in [0, 0.05) is 13.0 Å². The largest absolute Gasteiger partial charge is 0.359 e. The third-order valence-corrected chi connectivity index (χ3v) is 5.07. The number of allylic oxidation sites excluding steroid dienone is 2. The normalized spacial score (nSPS) is 28.1. The number of ether oxygens (including phenoxy) is 2. The Balaban J connectivity index is 2.82. The molecular weight excluding hydrogens is 276 g/mol. The van der Waals surface area contributed by atoms with E-state index in [0.29, 0.717) is 23.7 Å². The molecular formula is C19H32O3. The number of hydrogen-bond donors (Lipinski definition) is 0. The van der Waals surface area contributed by atoms with Gasteiger partial charge in [0.2, 0.25) is 0 Å². The lowest BCUT2D eigenvalue weighted by molar-refractivity contribution is -0.115. The van der Waals surface area contributed by atoms with Gasteiger partial charge in [-0.1, -0.05) is 38.5 Å². The zero-order valence-corrected chi connectivity index (χ0v) is 14.7. The van der Waals surface area contributed by atoms with Crippen LogP contribution in [0.15, 0.2) is 24.3 Å². The maximum absolute atomic E-state index is 11.7. The van der Waals surface area contributed by atoms with E-state index >= 15 is 0 Å². The molecule has 0 unspecified atom stereocenters. The fourth-order valence-electron chi connectivity index (χ4n) is 3.63. The highest BCUT2D eigenvalue weighted by Gasteiger charge is 2.36. The van der Waals surface area contributed by atoms with Gasteiger partial charge in [-0.3, -0.25) is 0 Å². The van der Waals surface area contributed by atoms with E-state index in [1.54, 1.807) is 7.11 Å². The maximum Gasteiger partial charge on any atom is 0.147 e. The molecule has 0 amide bonds. The van der Waals surface area contributed by atoms with Crippen LogP contribution in [-0.2, 0) is 14.3 Å². The van der Waals surface area contributed by atoms with E-state index in [1.165, 1.54) is 11.9 Å². The van der Waals surface area contributed by atoms with Crippen LogP contribution >= 0.6 is 0 Å². The van der Waals surface area contributed by atoms with Crippen molar-refractivity contribution >= 4 is 6.29 Å². The first-order valence-electron chi connectivity index (χ1n) is 8.31. The Kier molecular flexibility index (Phi) is 8.05. The topological polar surface area (TPSA) is 35.5 Å². The zero-order valence-electron chi connectivity index (χ0n) is 14.7. The van der Waals surface area contributed by atoms with Gasteiger partial charge in [-0.25, -0.2) is 0 Å². The Hall–Kier alpha value is -0.930. The molecule has 3 nitrogen and oxygen atoms in total. The second kappa shape index (κ2) is 9.26. The van der Waals surface area contributed by atoms with Crippen LogP contribution in [0.4, 0.5) is 0 Å². The van der Waals surface area contributed by atoms with Crippen LogP contribution < -0.4 is 0 Å². The first kappa shape index (κ1) is 19.1. The summed E-state index contributed by atoms with van der Waals surface area (Å²) in [4.78, 5) is 11.7. The van der Waals surface area contributed by atoms with Crippen LogP contribution in [0.25, 0.3) is 0 Å². The molecule has 1 aliphatic carbocycles. The minimum Gasteiger partial charge on any atom is -0.359 e. The molecule has 0 fully saturated rings. The zero-order chi connectivity index (χ0) is 16.7. The Labute approximate surface area is 135 Å². The van der Waals surface area contributed by atoms with Crippen LogP contribution in [-0.4, -0.2) is 26.3 Å². The standard InChI is InChI=1S/C19H32O3/c1-7-19(22-12-21-6)15(5)10-17-14(4)8-9-16(13(2)3)18(17)11-20/h7-8,11,13,15-19H,1,9-10,12H2,2-6H3/t15-,16+,17-,18+,19-/m0/s1. The van der Waals surface area contributed by atoms with E-state index in [9.17, 15) is 4.79 Å². The molecule has 0 saturated carbocycles. The SMILES string of the molecule is C=C[C@H](OCOC)[C@@H](C)C[C@H]1C(C)=CC[C@H](C(C)C)[C@H]1C=O. The third kappa shape index (κ3) is 4.79. The predicted molar refractivity (Wildman–Crippen MR) is 90.5 cm³/mol. The molecule has 0 bridgehead atoms. The number of methoxy groups -OCH3 is 1. The van der Waals surface area contributed by atoms with Crippen LogP contribution in [0.3, 0.4) is 0 Å². The number of carbonyl (C=O) groups is 1. The lowest BCUT2D eigenvalue weighted by Gasteiger charge is -2.38. The Morgan fingerprint density at radius 3 is 2.59 bits per heavy atom. The molecule has 0 aromatic carbocycles. The van der Waals surface area contributed by atoms with Gasteiger partial charge in [-0.2, -0.15) is 0 Å². The van der Waals surface area contributed by atoms with Crippen molar-refractivity contribution in [3.63, 3.8) is 0 Å². The van der Waals surface area contributed by atoms with Crippen LogP contribution in [0.5, 0.6) is 0 Å². The first-order chi connectivity index (χ1) is 10.5. The van der Waals surface area contributed by atoms with Crippen LogP contribution in [0.2, 0.25) is 0 Å². The summed E-state index contributed by atoms with van der Waals surface area (Å²) in [6.07, 6.45) is 7.25.